The summed E-state index contributed by atoms with van der Waals surface area (Å²) in [6.45, 7) is 11.5. The molecule has 8 atom stereocenters. The fraction of sp³-hybridized carbons (Fsp3) is 0.958. The fourth-order valence-corrected chi connectivity index (χ4v) is 8.17. The summed E-state index contributed by atoms with van der Waals surface area (Å²) in [6, 6.07) is 0. The maximum atomic E-state index is 10.2. The van der Waals surface area contributed by atoms with Gasteiger partial charge in [0.2, 0.25) is 0 Å². The van der Waals surface area contributed by atoms with Gasteiger partial charge in [0.15, 0.2) is 0 Å². The van der Waals surface area contributed by atoms with Gasteiger partial charge in [0.25, 0.3) is 0 Å². The van der Waals surface area contributed by atoms with E-state index in [1.165, 1.54) is 50.7 Å². The molecule has 4 aliphatic carbocycles. The van der Waals surface area contributed by atoms with Crippen LogP contribution >= 0.6 is 0 Å². The van der Waals surface area contributed by atoms with Gasteiger partial charge >= 0.3 is 0 Å². The van der Waals surface area contributed by atoms with Crippen molar-refractivity contribution in [3.63, 3.8) is 0 Å². The molecule has 0 aromatic heterocycles. The highest BCUT2D eigenvalue weighted by atomic mass is 16.6. The Bertz CT molecular complexity index is 587. The first-order valence-electron chi connectivity index (χ1n) is 11.6. The number of nitrogens with zero attached hydrogens (tertiary/aromatic N) is 1. The third kappa shape index (κ3) is 3.16. The van der Waals surface area contributed by atoms with Crippen molar-refractivity contribution < 1.29 is 9.94 Å². The Labute approximate surface area is 166 Å². The first kappa shape index (κ1) is 19.7. The van der Waals surface area contributed by atoms with Crippen LogP contribution in [0.4, 0.5) is 0 Å². The molecule has 4 saturated carbocycles. The van der Waals surface area contributed by atoms with Crippen LogP contribution < -0.4 is 0 Å². The van der Waals surface area contributed by atoms with Crippen molar-refractivity contribution in [3.05, 3.63) is 0 Å². The van der Waals surface area contributed by atoms with Gasteiger partial charge in [-0.25, -0.2) is 0 Å². The van der Waals surface area contributed by atoms with E-state index in [0.29, 0.717) is 16.7 Å². The van der Waals surface area contributed by atoms with Crippen molar-refractivity contribution in [3.8, 4) is 0 Å². The van der Waals surface area contributed by atoms with E-state index in [1.54, 1.807) is 0 Å². The predicted octanol–water partition coefficient (Wildman–Crippen LogP) is 5.81. The van der Waals surface area contributed by atoms with Gasteiger partial charge in [-0.2, -0.15) is 0 Å². The summed E-state index contributed by atoms with van der Waals surface area (Å²) in [5, 5.41) is 14.7. The number of oxime groups is 1. The zero-order valence-electron chi connectivity index (χ0n) is 18.2. The molecule has 0 unspecified atom stereocenters. The molecule has 27 heavy (non-hydrogen) atoms. The van der Waals surface area contributed by atoms with Crippen molar-refractivity contribution in [1.82, 2.24) is 0 Å². The number of aliphatic hydroxyl groups is 1. The summed E-state index contributed by atoms with van der Waals surface area (Å²) in [6.07, 6.45) is 11.6. The van der Waals surface area contributed by atoms with Crippen LogP contribution in [0.25, 0.3) is 0 Å². The van der Waals surface area contributed by atoms with Gasteiger partial charge < -0.3 is 9.94 Å². The Hall–Kier alpha value is -0.570. The minimum absolute atomic E-state index is 0.0378. The first-order valence-corrected chi connectivity index (χ1v) is 11.6. The Morgan fingerprint density at radius 2 is 1.67 bits per heavy atom. The molecule has 3 nitrogen and oxygen atoms in total. The second-order valence-corrected chi connectivity index (χ2v) is 11.1. The average Bonchev–Trinajstić information content (AvgIpc) is 2.97. The molecule has 0 aromatic carbocycles. The molecule has 0 aliphatic heterocycles. The van der Waals surface area contributed by atoms with Crippen LogP contribution in [0, 0.1) is 40.4 Å². The Kier molecular flexibility index (Phi) is 5.15. The van der Waals surface area contributed by atoms with Gasteiger partial charge in [0, 0.05) is 5.92 Å². The van der Waals surface area contributed by atoms with E-state index in [-0.39, 0.29) is 12.2 Å². The van der Waals surface area contributed by atoms with E-state index in [0.717, 1.165) is 36.5 Å². The summed E-state index contributed by atoms with van der Waals surface area (Å²) in [5.74, 6) is 3.98. The molecule has 0 amide bonds. The molecule has 0 radical (unpaired) electrons. The topological polar surface area (TPSA) is 41.8 Å². The maximum Gasteiger partial charge on any atom is 0.122 e. The van der Waals surface area contributed by atoms with E-state index in [4.69, 9.17) is 4.84 Å². The summed E-state index contributed by atoms with van der Waals surface area (Å²) >= 11 is 0. The van der Waals surface area contributed by atoms with Crippen LogP contribution in [-0.4, -0.2) is 23.0 Å². The molecule has 4 aliphatic rings. The summed E-state index contributed by atoms with van der Waals surface area (Å²) in [5.41, 5.74) is 2.12. The smallest absolute Gasteiger partial charge is 0.122 e. The monoisotopic (exact) mass is 375 g/mol. The van der Waals surface area contributed by atoms with Gasteiger partial charge in [-0.15, -0.1) is 0 Å². The lowest BCUT2D eigenvalue weighted by atomic mass is 9.44. The quantitative estimate of drug-likeness (QED) is 0.500. The largest absolute Gasteiger partial charge is 0.393 e. The van der Waals surface area contributed by atoms with E-state index in [9.17, 15) is 5.11 Å². The minimum Gasteiger partial charge on any atom is -0.393 e. The molecule has 0 spiro atoms. The van der Waals surface area contributed by atoms with Crippen LogP contribution in [0.3, 0.4) is 0 Å². The SMILES string of the molecule is C/C(=N\OC(C)C)[C@H]1CC[C@H]2[C@@H]3CC[C@H]4C[C@@H](O)CC[C@]4(C)[C@H]3CC[C@]12C. The first-order chi connectivity index (χ1) is 12.8. The summed E-state index contributed by atoms with van der Waals surface area (Å²) in [4.78, 5) is 5.61. The molecule has 0 bridgehead atoms. The van der Waals surface area contributed by atoms with Crippen LogP contribution in [0.1, 0.15) is 92.4 Å². The van der Waals surface area contributed by atoms with Gasteiger partial charge in [-0.05, 0) is 113 Å². The van der Waals surface area contributed by atoms with Crippen LogP contribution in [-0.2, 0) is 4.84 Å². The summed E-state index contributed by atoms with van der Waals surface area (Å²) in [7, 11) is 0. The molecule has 0 heterocycles. The standard InChI is InChI=1S/C24H41NO2/c1-15(2)27-25-16(3)20-8-9-21-19-7-6-17-14-18(26)10-12-23(17,4)22(19)11-13-24(20,21)5/h15,17-22,26H,6-14H2,1-5H3/b25-16+/t17-,18-,19-,20+,21-,22-,23-,24+/m0/s1. The average molecular weight is 376 g/mol. The van der Waals surface area contributed by atoms with Crippen molar-refractivity contribution in [2.75, 3.05) is 0 Å². The molecule has 1 N–H and O–H groups in total. The number of rotatable bonds is 3. The van der Waals surface area contributed by atoms with E-state index < -0.39 is 0 Å². The van der Waals surface area contributed by atoms with E-state index >= 15 is 0 Å². The van der Waals surface area contributed by atoms with Gasteiger partial charge in [-0.3, -0.25) is 0 Å². The molecular formula is C24H41NO2. The zero-order valence-corrected chi connectivity index (χ0v) is 18.2. The third-order valence-electron chi connectivity index (χ3n) is 9.55. The second kappa shape index (κ2) is 7.04. The third-order valence-corrected chi connectivity index (χ3v) is 9.55. The number of hydrogen-bond donors (Lipinski definition) is 1. The van der Waals surface area contributed by atoms with Crippen molar-refractivity contribution in [2.45, 2.75) is 105 Å². The Balaban J connectivity index is 1.54. The van der Waals surface area contributed by atoms with Crippen molar-refractivity contribution in [1.29, 1.82) is 0 Å². The van der Waals surface area contributed by atoms with Gasteiger partial charge in [0.1, 0.15) is 6.10 Å². The van der Waals surface area contributed by atoms with Crippen molar-refractivity contribution >= 4 is 5.71 Å². The Morgan fingerprint density at radius 3 is 2.41 bits per heavy atom. The maximum absolute atomic E-state index is 10.2. The lowest BCUT2D eigenvalue weighted by Crippen LogP contribution is -2.54. The lowest BCUT2D eigenvalue weighted by molar-refractivity contribution is -0.123. The lowest BCUT2D eigenvalue weighted by Gasteiger charge is -2.61. The number of fused-ring (bicyclic) bond motifs is 5. The van der Waals surface area contributed by atoms with Gasteiger partial charge in [0.05, 0.1) is 11.8 Å². The van der Waals surface area contributed by atoms with Crippen molar-refractivity contribution in [2.24, 2.45) is 45.6 Å². The van der Waals surface area contributed by atoms with Crippen LogP contribution in [0.15, 0.2) is 5.16 Å². The highest BCUT2D eigenvalue weighted by Gasteiger charge is 2.60. The minimum atomic E-state index is -0.0378. The molecule has 4 rings (SSSR count). The van der Waals surface area contributed by atoms with Gasteiger partial charge in [-0.1, -0.05) is 19.0 Å². The predicted molar refractivity (Wildman–Crippen MR) is 111 cm³/mol. The van der Waals surface area contributed by atoms with Crippen LogP contribution in [0.5, 0.6) is 0 Å². The molecule has 3 heteroatoms. The van der Waals surface area contributed by atoms with E-state index in [1.807, 2.05) is 0 Å². The Morgan fingerprint density at radius 1 is 0.963 bits per heavy atom. The fourth-order valence-electron chi connectivity index (χ4n) is 8.17. The number of hydrogen-bond acceptors (Lipinski definition) is 3. The molecule has 0 saturated heterocycles. The number of aliphatic hydroxyl groups excluding tert-OH is 1. The highest BCUT2D eigenvalue weighted by Crippen LogP contribution is 2.67. The highest BCUT2D eigenvalue weighted by molar-refractivity contribution is 5.85. The molecule has 4 fully saturated rings. The van der Waals surface area contributed by atoms with Crippen LogP contribution in [0.2, 0.25) is 0 Å². The molecule has 0 aromatic rings. The van der Waals surface area contributed by atoms with E-state index in [2.05, 4.69) is 39.8 Å². The molecular weight excluding hydrogens is 334 g/mol. The second-order valence-electron chi connectivity index (χ2n) is 11.1. The summed E-state index contributed by atoms with van der Waals surface area (Å²) < 4.78 is 0. The molecule has 154 valence electrons. The zero-order chi connectivity index (χ0) is 19.4. The normalized spacial score (nSPS) is 50.1.